The summed E-state index contributed by atoms with van der Waals surface area (Å²) in [5.74, 6) is 0.803. The summed E-state index contributed by atoms with van der Waals surface area (Å²) >= 11 is 11.5. The Morgan fingerprint density at radius 1 is 0.739 bits per heavy atom. The second-order valence-corrected chi connectivity index (χ2v) is 6.55. The molecule has 0 aliphatic carbocycles. The topological polar surface area (TPSA) is 17.1 Å². The predicted molar refractivity (Wildman–Crippen MR) is 98.8 cm³/mol. The molecule has 122 valence electrons. The van der Waals surface area contributed by atoms with Gasteiger partial charge in [-0.2, -0.15) is 0 Å². The molecule has 0 bridgehead atoms. The van der Waals surface area contributed by atoms with Crippen LogP contribution in [0.4, 0.5) is 0 Å². The third kappa shape index (κ3) is 6.01. The maximum atomic E-state index is 12.4. The van der Waals surface area contributed by atoms with Gasteiger partial charge < -0.3 is 0 Å². The molecule has 3 heteroatoms. The summed E-state index contributed by atoms with van der Waals surface area (Å²) < 4.78 is 0. The standard InChI is InChI=1S/C20H22Cl2O/c21-15-5-3-1-2-4-6-16-7-9-17(10-8-16)20(23)18-11-13-19(22)14-12-18/h7-14H,1-6,15H2. The molecule has 2 aromatic rings. The van der Waals surface area contributed by atoms with E-state index in [0.717, 1.165) is 24.3 Å². The maximum Gasteiger partial charge on any atom is 0.193 e. The number of hydrogen-bond acceptors (Lipinski definition) is 1. The number of carbonyl (C=O) groups is 1. The van der Waals surface area contributed by atoms with Crippen molar-refractivity contribution in [1.82, 2.24) is 0 Å². The van der Waals surface area contributed by atoms with Gasteiger partial charge in [-0.15, -0.1) is 11.6 Å². The summed E-state index contributed by atoms with van der Waals surface area (Å²) in [6, 6.07) is 15.0. The van der Waals surface area contributed by atoms with Crippen LogP contribution in [0.3, 0.4) is 0 Å². The Balaban J connectivity index is 1.84. The summed E-state index contributed by atoms with van der Waals surface area (Å²) in [4.78, 5) is 12.4. The van der Waals surface area contributed by atoms with Crippen molar-refractivity contribution in [3.63, 3.8) is 0 Å². The van der Waals surface area contributed by atoms with Crippen molar-refractivity contribution in [1.29, 1.82) is 0 Å². The highest BCUT2D eigenvalue weighted by Crippen LogP contribution is 2.16. The van der Waals surface area contributed by atoms with E-state index in [2.05, 4.69) is 12.1 Å². The fourth-order valence-electron chi connectivity index (χ4n) is 2.54. The van der Waals surface area contributed by atoms with E-state index in [1.54, 1.807) is 24.3 Å². The first kappa shape index (κ1) is 18.0. The Morgan fingerprint density at radius 2 is 1.26 bits per heavy atom. The Kier molecular flexibility index (Phi) is 7.64. The lowest BCUT2D eigenvalue weighted by Crippen LogP contribution is -2.01. The number of benzene rings is 2. The number of alkyl halides is 1. The molecule has 0 atom stereocenters. The van der Waals surface area contributed by atoms with Crippen molar-refractivity contribution in [2.75, 3.05) is 5.88 Å². The van der Waals surface area contributed by atoms with Crippen molar-refractivity contribution >= 4 is 29.0 Å². The second-order valence-electron chi connectivity index (χ2n) is 5.74. The second kappa shape index (κ2) is 9.75. The number of ketones is 1. The minimum atomic E-state index is 0.0364. The zero-order chi connectivity index (χ0) is 16.5. The van der Waals surface area contributed by atoms with E-state index >= 15 is 0 Å². The molecule has 0 saturated carbocycles. The highest BCUT2D eigenvalue weighted by Gasteiger charge is 2.08. The van der Waals surface area contributed by atoms with Gasteiger partial charge in [-0.3, -0.25) is 4.79 Å². The highest BCUT2D eigenvalue weighted by molar-refractivity contribution is 6.30. The molecular weight excluding hydrogens is 327 g/mol. The van der Waals surface area contributed by atoms with Crippen molar-refractivity contribution in [2.45, 2.75) is 38.5 Å². The van der Waals surface area contributed by atoms with Crippen molar-refractivity contribution in [3.05, 3.63) is 70.2 Å². The molecule has 2 aromatic carbocycles. The van der Waals surface area contributed by atoms with Crippen LogP contribution >= 0.6 is 23.2 Å². The summed E-state index contributed by atoms with van der Waals surface area (Å²) in [5, 5.41) is 0.642. The average Bonchev–Trinajstić information content (AvgIpc) is 2.58. The van der Waals surface area contributed by atoms with Crippen LogP contribution in [0.1, 0.15) is 53.6 Å². The van der Waals surface area contributed by atoms with Gasteiger partial charge in [-0.25, -0.2) is 0 Å². The molecule has 0 amide bonds. The van der Waals surface area contributed by atoms with Crippen molar-refractivity contribution < 1.29 is 4.79 Å². The first-order chi connectivity index (χ1) is 11.2. The molecular formula is C20H22Cl2O. The molecule has 0 aliphatic rings. The molecule has 0 radical (unpaired) electrons. The van der Waals surface area contributed by atoms with Crippen LogP contribution in [0, 0.1) is 0 Å². The third-order valence-electron chi connectivity index (χ3n) is 3.92. The molecule has 0 fully saturated rings. The summed E-state index contributed by atoms with van der Waals surface area (Å²) in [6.07, 6.45) is 7.08. The lowest BCUT2D eigenvalue weighted by atomic mass is 10.00. The Morgan fingerprint density at radius 3 is 1.87 bits per heavy atom. The molecule has 1 nitrogen and oxygen atoms in total. The van der Waals surface area contributed by atoms with E-state index in [9.17, 15) is 4.79 Å². The lowest BCUT2D eigenvalue weighted by molar-refractivity contribution is 0.103. The predicted octanol–water partition coefficient (Wildman–Crippen LogP) is 6.30. The van der Waals surface area contributed by atoms with Crippen molar-refractivity contribution in [2.24, 2.45) is 0 Å². The molecule has 23 heavy (non-hydrogen) atoms. The van der Waals surface area contributed by atoms with Crippen LogP contribution in [0.25, 0.3) is 0 Å². The SMILES string of the molecule is O=C(c1ccc(Cl)cc1)c1ccc(CCCCCCCCl)cc1. The van der Waals surface area contributed by atoms with Gasteiger partial charge >= 0.3 is 0 Å². The van der Waals surface area contributed by atoms with E-state index < -0.39 is 0 Å². The van der Waals surface area contributed by atoms with Gasteiger partial charge in [-0.05, 0) is 49.1 Å². The molecule has 0 heterocycles. The van der Waals surface area contributed by atoms with Crippen LogP contribution in [-0.4, -0.2) is 11.7 Å². The first-order valence-corrected chi connectivity index (χ1v) is 9.07. The number of halogens is 2. The molecule has 2 rings (SSSR count). The maximum absolute atomic E-state index is 12.4. The summed E-state index contributed by atoms with van der Waals surface area (Å²) in [7, 11) is 0. The fourth-order valence-corrected chi connectivity index (χ4v) is 2.86. The van der Waals surface area contributed by atoms with Crippen molar-refractivity contribution in [3.8, 4) is 0 Å². The Hall–Kier alpha value is -1.31. The zero-order valence-corrected chi connectivity index (χ0v) is 14.7. The molecule has 0 unspecified atom stereocenters. The lowest BCUT2D eigenvalue weighted by Gasteiger charge is -2.05. The van der Waals surface area contributed by atoms with Gasteiger partial charge in [0.25, 0.3) is 0 Å². The highest BCUT2D eigenvalue weighted by atomic mass is 35.5. The summed E-state index contributed by atoms with van der Waals surface area (Å²) in [5.41, 5.74) is 2.68. The third-order valence-corrected chi connectivity index (χ3v) is 4.44. The molecule has 0 N–H and O–H groups in total. The van der Waals surface area contributed by atoms with Crippen LogP contribution in [0.5, 0.6) is 0 Å². The number of hydrogen-bond donors (Lipinski definition) is 0. The van der Waals surface area contributed by atoms with Gasteiger partial charge in [0.1, 0.15) is 0 Å². The van der Waals surface area contributed by atoms with E-state index in [-0.39, 0.29) is 5.78 Å². The number of unbranched alkanes of at least 4 members (excludes halogenated alkanes) is 4. The molecule has 0 aromatic heterocycles. The fraction of sp³-hybridized carbons (Fsp3) is 0.350. The zero-order valence-electron chi connectivity index (χ0n) is 13.2. The van der Waals surface area contributed by atoms with E-state index in [1.807, 2.05) is 12.1 Å². The smallest absolute Gasteiger partial charge is 0.193 e. The monoisotopic (exact) mass is 348 g/mol. The van der Waals surface area contributed by atoms with Gasteiger partial charge in [-0.1, -0.05) is 55.1 Å². The van der Waals surface area contributed by atoms with Gasteiger partial charge in [0.05, 0.1) is 0 Å². The first-order valence-electron chi connectivity index (χ1n) is 8.16. The minimum absolute atomic E-state index is 0.0364. The molecule has 0 spiro atoms. The normalized spacial score (nSPS) is 10.7. The summed E-state index contributed by atoms with van der Waals surface area (Å²) in [6.45, 7) is 0. The molecule has 0 aliphatic heterocycles. The van der Waals surface area contributed by atoms with Crippen LogP contribution < -0.4 is 0 Å². The number of aryl methyl sites for hydroxylation is 1. The van der Waals surface area contributed by atoms with E-state index in [0.29, 0.717) is 10.6 Å². The van der Waals surface area contributed by atoms with Gasteiger partial charge in [0.15, 0.2) is 5.78 Å². The Labute approximate surface area is 148 Å². The molecule has 0 saturated heterocycles. The largest absolute Gasteiger partial charge is 0.289 e. The van der Waals surface area contributed by atoms with Crippen LogP contribution in [-0.2, 0) is 6.42 Å². The average molecular weight is 349 g/mol. The van der Waals surface area contributed by atoms with Crippen LogP contribution in [0.2, 0.25) is 5.02 Å². The number of rotatable bonds is 9. The quantitative estimate of drug-likeness (QED) is 0.295. The Bertz CT molecular complexity index is 603. The van der Waals surface area contributed by atoms with E-state index in [4.69, 9.17) is 23.2 Å². The minimum Gasteiger partial charge on any atom is -0.289 e. The number of carbonyl (C=O) groups excluding carboxylic acids is 1. The van der Waals surface area contributed by atoms with Crippen LogP contribution in [0.15, 0.2) is 48.5 Å². The van der Waals surface area contributed by atoms with Gasteiger partial charge in [0.2, 0.25) is 0 Å². The van der Waals surface area contributed by atoms with E-state index in [1.165, 1.54) is 31.2 Å². The van der Waals surface area contributed by atoms with Gasteiger partial charge in [0, 0.05) is 22.0 Å².